The van der Waals surface area contributed by atoms with Crippen LogP contribution >= 0.6 is 0 Å². The number of anilines is 2. The van der Waals surface area contributed by atoms with E-state index in [4.69, 9.17) is 16.2 Å². The van der Waals surface area contributed by atoms with Crippen LogP contribution in [0.2, 0.25) is 0 Å². The lowest BCUT2D eigenvalue weighted by molar-refractivity contribution is 0.406. The van der Waals surface area contributed by atoms with Gasteiger partial charge in [0, 0.05) is 22.3 Å². The zero-order valence-electron chi connectivity index (χ0n) is 18.8. The van der Waals surface area contributed by atoms with Crippen molar-refractivity contribution in [2.75, 3.05) is 11.5 Å². The lowest BCUT2D eigenvalue weighted by atomic mass is 9.82. The standard InChI is InChI=1S/C26H36N2O3/c1-15-21(13-19(25(29)23(15)27)17-9-5-3-6-10-17)31-22-14-20(18-11-7-4-8-12-18)26(30)24(28)16(22)2/h13-14,17-18,29-30H,3-12,27-28H2,1-2H3. The number of phenolic OH excluding ortho intramolecular Hbond substituents is 2. The summed E-state index contributed by atoms with van der Waals surface area (Å²) < 4.78 is 6.39. The minimum atomic E-state index is 0.196. The minimum Gasteiger partial charge on any atom is -0.505 e. The van der Waals surface area contributed by atoms with Crippen molar-refractivity contribution in [3.63, 3.8) is 0 Å². The molecule has 168 valence electrons. The molecule has 2 saturated carbocycles. The average molecular weight is 425 g/mol. The van der Waals surface area contributed by atoms with Crippen LogP contribution in [0.25, 0.3) is 0 Å². The van der Waals surface area contributed by atoms with Gasteiger partial charge in [-0.3, -0.25) is 0 Å². The number of ether oxygens (including phenoxy) is 1. The minimum absolute atomic E-state index is 0.196. The molecule has 2 aliphatic rings. The predicted molar refractivity (Wildman–Crippen MR) is 126 cm³/mol. The smallest absolute Gasteiger partial charge is 0.142 e. The van der Waals surface area contributed by atoms with Crippen molar-refractivity contribution in [1.29, 1.82) is 0 Å². The van der Waals surface area contributed by atoms with E-state index in [9.17, 15) is 10.2 Å². The lowest BCUT2D eigenvalue weighted by Crippen LogP contribution is -2.08. The molecule has 2 aromatic carbocycles. The van der Waals surface area contributed by atoms with Gasteiger partial charge in [0.05, 0.1) is 11.4 Å². The first-order chi connectivity index (χ1) is 14.9. The summed E-state index contributed by atoms with van der Waals surface area (Å²) in [7, 11) is 0. The number of nitrogens with two attached hydrogens (primary N) is 2. The molecule has 0 saturated heterocycles. The highest BCUT2D eigenvalue weighted by Gasteiger charge is 2.25. The maximum absolute atomic E-state index is 10.7. The second-order valence-electron chi connectivity index (χ2n) is 9.47. The molecule has 4 rings (SSSR count). The Hall–Kier alpha value is -2.56. The fourth-order valence-electron chi connectivity index (χ4n) is 5.35. The Balaban J connectivity index is 1.73. The van der Waals surface area contributed by atoms with Crippen LogP contribution in [0.3, 0.4) is 0 Å². The molecular formula is C26H36N2O3. The van der Waals surface area contributed by atoms with E-state index in [1.807, 2.05) is 26.0 Å². The highest BCUT2D eigenvalue weighted by Crippen LogP contribution is 2.48. The van der Waals surface area contributed by atoms with Gasteiger partial charge in [-0.25, -0.2) is 0 Å². The van der Waals surface area contributed by atoms with Gasteiger partial charge in [0.1, 0.15) is 23.0 Å². The number of aromatic hydroxyl groups is 2. The quantitative estimate of drug-likeness (QED) is 0.320. The van der Waals surface area contributed by atoms with Gasteiger partial charge < -0.3 is 26.4 Å². The highest BCUT2D eigenvalue weighted by atomic mass is 16.5. The van der Waals surface area contributed by atoms with Gasteiger partial charge in [-0.2, -0.15) is 0 Å². The molecule has 0 unspecified atom stereocenters. The summed E-state index contributed by atoms with van der Waals surface area (Å²) in [6, 6.07) is 3.92. The largest absolute Gasteiger partial charge is 0.505 e. The number of hydrogen-bond donors (Lipinski definition) is 4. The van der Waals surface area contributed by atoms with Gasteiger partial charge in [0.25, 0.3) is 0 Å². The molecule has 0 bridgehead atoms. The van der Waals surface area contributed by atoms with E-state index in [0.717, 1.165) is 47.9 Å². The fourth-order valence-corrected chi connectivity index (χ4v) is 5.35. The van der Waals surface area contributed by atoms with Crippen molar-refractivity contribution in [1.82, 2.24) is 0 Å². The van der Waals surface area contributed by atoms with E-state index in [1.54, 1.807) is 0 Å². The molecule has 31 heavy (non-hydrogen) atoms. The molecule has 5 heteroatoms. The summed E-state index contributed by atoms with van der Waals surface area (Å²) in [5, 5.41) is 21.5. The molecule has 2 aromatic rings. The third-order valence-electron chi connectivity index (χ3n) is 7.49. The molecule has 0 heterocycles. The van der Waals surface area contributed by atoms with E-state index >= 15 is 0 Å². The molecule has 5 nitrogen and oxygen atoms in total. The molecule has 0 atom stereocenters. The molecule has 0 radical (unpaired) electrons. The Bertz CT molecular complexity index is 881. The zero-order valence-corrected chi connectivity index (χ0v) is 18.8. The third kappa shape index (κ3) is 4.15. The van der Waals surface area contributed by atoms with Crippen LogP contribution < -0.4 is 16.2 Å². The maximum Gasteiger partial charge on any atom is 0.142 e. The summed E-state index contributed by atoms with van der Waals surface area (Å²) in [5.74, 6) is 2.31. The van der Waals surface area contributed by atoms with Crippen LogP contribution in [0.4, 0.5) is 11.4 Å². The Kier molecular flexibility index (Phi) is 6.22. The van der Waals surface area contributed by atoms with E-state index in [1.165, 1.54) is 38.5 Å². The van der Waals surface area contributed by atoms with Crippen molar-refractivity contribution >= 4 is 11.4 Å². The highest BCUT2D eigenvalue weighted by molar-refractivity contribution is 5.70. The molecular weight excluding hydrogens is 388 g/mol. The van der Waals surface area contributed by atoms with Crippen LogP contribution in [0.5, 0.6) is 23.0 Å². The first kappa shape index (κ1) is 21.7. The summed E-state index contributed by atoms with van der Waals surface area (Å²) in [4.78, 5) is 0. The summed E-state index contributed by atoms with van der Waals surface area (Å²) in [6.45, 7) is 3.74. The van der Waals surface area contributed by atoms with E-state index < -0.39 is 0 Å². The van der Waals surface area contributed by atoms with Gasteiger partial charge in [-0.1, -0.05) is 38.5 Å². The van der Waals surface area contributed by atoms with Crippen LogP contribution in [0.15, 0.2) is 12.1 Å². The van der Waals surface area contributed by atoms with Crippen LogP contribution in [-0.2, 0) is 0 Å². The Morgan fingerprint density at radius 2 is 1.03 bits per heavy atom. The molecule has 0 aromatic heterocycles. The predicted octanol–water partition coefficient (Wildman–Crippen LogP) is 6.77. The van der Waals surface area contributed by atoms with Gasteiger partial charge in [0.15, 0.2) is 0 Å². The van der Waals surface area contributed by atoms with E-state index in [-0.39, 0.29) is 11.5 Å². The molecule has 0 amide bonds. The monoisotopic (exact) mass is 424 g/mol. The molecule has 2 aliphatic carbocycles. The molecule has 0 aliphatic heterocycles. The topological polar surface area (TPSA) is 102 Å². The van der Waals surface area contributed by atoms with Crippen LogP contribution in [0, 0.1) is 13.8 Å². The van der Waals surface area contributed by atoms with Gasteiger partial charge in [-0.15, -0.1) is 0 Å². The second-order valence-corrected chi connectivity index (χ2v) is 9.47. The molecule has 2 fully saturated rings. The summed E-state index contributed by atoms with van der Waals surface area (Å²) in [5.41, 5.74) is 16.6. The lowest BCUT2D eigenvalue weighted by Gasteiger charge is -2.26. The van der Waals surface area contributed by atoms with Crippen molar-refractivity contribution in [2.45, 2.75) is 89.9 Å². The SMILES string of the molecule is Cc1c(Oc2cc(C3CCCCC3)c(O)c(N)c2C)cc(C2CCCCC2)c(O)c1N. The van der Waals surface area contributed by atoms with Crippen molar-refractivity contribution < 1.29 is 14.9 Å². The van der Waals surface area contributed by atoms with Crippen molar-refractivity contribution in [3.05, 3.63) is 34.4 Å². The molecule has 6 N–H and O–H groups in total. The molecule has 0 spiro atoms. The normalized spacial score (nSPS) is 18.3. The van der Waals surface area contributed by atoms with Crippen molar-refractivity contribution in [2.24, 2.45) is 0 Å². The number of benzene rings is 2. The van der Waals surface area contributed by atoms with Gasteiger partial charge in [0.2, 0.25) is 0 Å². The number of nitrogen functional groups attached to an aromatic ring is 2. The summed E-state index contributed by atoms with van der Waals surface area (Å²) in [6.07, 6.45) is 11.4. The Morgan fingerprint density at radius 3 is 1.39 bits per heavy atom. The van der Waals surface area contributed by atoms with Gasteiger partial charge >= 0.3 is 0 Å². The van der Waals surface area contributed by atoms with Gasteiger partial charge in [-0.05, 0) is 63.5 Å². The van der Waals surface area contributed by atoms with E-state index in [0.29, 0.717) is 34.7 Å². The Labute approximate surface area is 185 Å². The second kappa shape index (κ2) is 8.89. The number of phenols is 2. The summed E-state index contributed by atoms with van der Waals surface area (Å²) >= 11 is 0. The first-order valence-corrected chi connectivity index (χ1v) is 11.8. The van der Waals surface area contributed by atoms with Crippen molar-refractivity contribution in [3.8, 4) is 23.0 Å². The van der Waals surface area contributed by atoms with Crippen LogP contribution in [0.1, 0.15) is 98.3 Å². The third-order valence-corrected chi connectivity index (χ3v) is 7.49. The maximum atomic E-state index is 10.7. The Morgan fingerprint density at radius 1 is 0.677 bits per heavy atom. The van der Waals surface area contributed by atoms with Crippen LogP contribution in [-0.4, -0.2) is 10.2 Å². The number of rotatable bonds is 4. The fraction of sp³-hybridized carbons (Fsp3) is 0.538. The van der Waals surface area contributed by atoms with E-state index in [2.05, 4.69) is 0 Å². The zero-order chi connectivity index (χ0) is 22.1. The number of hydrogen-bond acceptors (Lipinski definition) is 5. The average Bonchev–Trinajstić information content (AvgIpc) is 2.80. The first-order valence-electron chi connectivity index (χ1n) is 11.8.